The molecule has 5 N–H and O–H groups in total. The molecule has 0 saturated heterocycles. The van der Waals surface area contributed by atoms with E-state index < -0.39 is 53.5 Å². The highest BCUT2D eigenvalue weighted by atomic mass is 16.6. The van der Waals surface area contributed by atoms with E-state index in [1.165, 1.54) is 13.1 Å². The molecule has 0 aliphatic carbocycles. The van der Waals surface area contributed by atoms with E-state index >= 15 is 0 Å². The second-order valence-corrected chi connectivity index (χ2v) is 9.97. The highest BCUT2D eigenvalue weighted by Crippen LogP contribution is 2.32. The van der Waals surface area contributed by atoms with Gasteiger partial charge in [-0.15, -0.1) is 0 Å². The molecule has 0 aliphatic heterocycles. The number of aromatic hydroxyl groups is 1. The van der Waals surface area contributed by atoms with Crippen LogP contribution in [0, 0.1) is 6.92 Å². The summed E-state index contributed by atoms with van der Waals surface area (Å²) < 4.78 is 5.18. The number of carbonyl (C=O) groups is 4. The number of hydrogen-bond donors (Lipinski definition) is 4. The molecule has 2 atom stereocenters. The van der Waals surface area contributed by atoms with Crippen molar-refractivity contribution in [2.75, 3.05) is 7.05 Å². The van der Waals surface area contributed by atoms with E-state index in [2.05, 4.69) is 10.6 Å². The number of alkyl carbamates (subject to hydrolysis) is 1. The van der Waals surface area contributed by atoms with E-state index in [9.17, 15) is 24.3 Å². The second-order valence-electron chi connectivity index (χ2n) is 9.97. The number of carbonyl (C=O) groups excluding carboxylic acids is 4. The van der Waals surface area contributed by atoms with Crippen LogP contribution in [0.4, 0.5) is 4.79 Å². The number of likely N-dealkylation sites (N-methyl/N-ethyl adjacent to an activating group) is 1. The highest BCUT2D eigenvalue weighted by molar-refractivity contribution is 5.94. The molecule has 0 aliphatic rings. The van der Waals surface area contributed by atoms with Gasteiger partial charge in [-0.2, -0.15) is 0 Å². The summed E-state index contributed by atoms with van der Waals surface area (Å²) in [7, 11) is 1.35. The van der Waals surface area contributed by atoms with Crippen LogP contribution in [-0.4, -0.2) is 58.1 Å². The number of nitrogens with two attached hydrogens (primary N) is 1. The Morgan fingerprint density at radius 1 is 1.12 bits per heavy atom. The normalized spacial score (nSPS) is 13.5. The Bertz CT molecular complexity index is 901. The quantitative estimate of drug-likeness (QED) is 0.484. The van der Waals surface area contributed by atoms with Crippen LogP contribution < -0.4 is 16.4 Å². The van der Waals surface area contributed by atoms with Crippen LogP contribution in [-0.2, 0) is 19.1 Å². The van der Waals surface area contributed by atoms with Gasteiger partial charge in [-0.25, -0.2) is 4.79 Å². The molecule has 10 heteroatoms. The monoisotopic (exact) mass is 464 g/mol. The van der Waals surface area contributed by atoms with Crippen molar-refractivity contribution in [3.8, 4) is 5.75 Å². The number of para-hydroxylation sites is 1. The summed E-state index contributed by atoms with van der Waals surface area (Å²) in [4.78, 5) is 51.5. The fourth-order valence-electron chi connectivity index (χ4n) is 3.09. The zero-order valence-corrected chi connectivity index (χ0v) is 20.6. The first-order valence-electron chi connectivity index (χ1n) is 10.6. The molecule has 1 aromatic carbocycles. The maximum atomic E-state index is 13.3. The molecule has 0 spiro atoms. The topological polar surface area (TPSA) is 151 Å². The Labute approximate surface area is 194 Å². The molecule has 4 amide bonds. The first kappa shape index (κ1) is 27.7. The van der Waals surface area contributed by atoms with Crippen LogP contribution in [0.15, 0.2) is 18.2 Å². The predicted molar refractivity (Wildman–Crippen MR) is 123 cm³/mol. The van der Waals surface area contributed by atoms with Crippen molar-refractivity contribution >= 4 is 23.8 Å². The van der Waals surface area contributed by atoms with Crippen molar-refractivity contribution in [1.82, 2.24) is 15.5 Å². The third-order valence-electron chi connectivity index (χ3n) is 4.44. The van der Waals surface area contributed by atoms with Crippen molar-refractivity contribution < 1.29 is 29.0 Å². The lowest BCUT2D eigenvalue weighted by molar-refractivity contribution is -0.142. The number of amides is 4. The van der Waals surface area contributed by atoms with Crippen molar-refractivity contribution in [2.24, 2.45) is 5.73 Å². The lowest BCUT2D eigenvalue weighted by Gasteiger charge is -2.33. The number of aryl methyl sites for hydroxylation is 1. The van der Waals surface area contributed by atoms with E-state index in [1.54, 1.807) is 60.6 Å². The van der Waals surface area contributed by atoms with Crippen LogP contribution in [0.1, 0.15) is 65.1 Å². The van der Waals surface area contributed by atoms with E-state index in [4.69, 9.17) is 10.5 Å². The Morgan fingerprint density at radius 3 is 2.18 bits per heavy atom. The molecule has 0 aromatic heterocycles. The van der Waals surface area contributed by atoms with Crippen molar-refractivity contribution in [3.05, 3.63) is 29.3 Å². The number of nitrogens with one attached hydrogen (secondary N) is 2. The summed E-state index contributed by atoms with van der Waals surface area (Å²) in [5, 5.41) is 15.8. The largest absolute Gasteiger partial charge is 0.507 e. The van der Waals surface area contributed by atoms with Gasteiger partial charge in [0.05, 0.1) is 6.42 Å². The molecule has 0 radical (unpaired) electrons. The summed E-state index contributed by atoms with van der Waals surface area (Å²) in [5.41, 5.74) is 4.54. The third kappa shape index (κ3) is 8.63. The van der Waals surface area contributed by atoms with E-state index in [0.717, 1.165) is 4.90 Å². The Balaban J connectivity index is 3.38. The van der Waals surface area contributed by atoms with Gasteiger partial charge in [0, 0.05) is 18.2 Å². The minimum absolute atomic E-state index is 0.141. The zero-order valence-electron chi connectivity index (χ0n) is 20.6. The van der Waals surface area contributed by atoms with Crippen molar-refractivity contribution in [3.63, 3.8) is 0 Å². The Morgan fingerprint density at radius 2 is 1.70 bits per heavy atom. The van der Waals surface area contributed by atoms with E-state index in [1.807, 2.05) is 0 Å². The fraction of sp³-hybridized carbons (Fsp3) is 0.565. The molecule has 184 valence electrons. The average Bonchev–Trinajstić information content (AvgIpc) is 2.60. The molecule has 2 unspecified atom stereocenters. The number of phenolic OH excluding ortho intramolecular Hbond substituents is 1. The average molecular weight is 465 g/mol. The van der Waals surface area contributed by atoms with Gasteiger partial charge in [-0.1, -0.05) is 18.2 Å². The van der Waals surface area contributed by atoms with E-state index in [0.29, 0.717) is 5.56 Å². The summed E-state index contributed by atoms with van der Waals surface area (Å²) in [6.07, 6.45) is -1.42. The minimum Gasteiger partial charge on any atom is -0.507 e. The maximum Gasteiger partial charge on any atom is 0.408 e. The first-order chi connectivity index (χ1) is 14.9. The number of ether oxygens (including phenoxy) is 1. The molecule has 1 aromatic rings. The standard InChI is InChI=1S/C23H36N4O6/c1-13-10-9-11-14(18(13)29)17(19(30)26-22(2,3)4)27(8)20(31)15(12-16(24)28)25-21(32)33-23(5,6)7/h9-11,15,17,29H,12H2,1-8H3,(H2,24,28)(H,25,32)(H,26,30). The summed E-state index contributed by atoms with van der Waals surface area (Å²) >= 11 is 0. The van der Waals surface area contributed by atoms with E-state index in [-0.39, 0.29) is 11.3 Å². The van der Waals surface area contributed by atoms with Gasteiger partial charge in [-0.3, -0.25) is 14.4 Å². The van der Waals surface area contributed by atoms with Gasteiger partial charge >= 0.3 is 6.09 Å². The van der Waals surface area contributed by atoms with Crippen LogP contribution in [0.2, 0.25) is 0 Å². The molecular weight excluding hydrogens is 428 g/mol. The van der Waals surface area contributed by atoms with Gasteiger partial charge < -0.3 is 31.1 Å². The first-order valence-corrected chi connectivity index (χ1v) is 10.6. The van der Waals surface area contributed by atoms with Gasteiger partial charge in [0.15, 0.2) is 0 Å². The van der Waals surface area contributed by atoms with Gasteiger partial charge in [0.1, 0.15) is 23.4 Å². The SMILES string of the molecule is Cc1cccc(C(C(=O)NC(C)(C)C)N(C)C(=O)C(CC(N)=O)NC(=O)OC(C)(C)C)c1O. The minimum atomic E-state index is -1.38. The molecule has 0 saturated carbocycles. The van der Waals surface area contributed by atoms with Crippen LogP contribution >= 0.6 is 0 Å². The molecule has 0 fully saturated rings. The maximum absolute atomic E-state index is 13.3. The lowest BCUT2D eigenvalue weighted by Crippen LogP contribution is -2.54. The molecule has 10 nitrogen and oxygen atoms in total. The van der Waals surface area contributed by atoms with Gasteiger partial charge in [0.2, 0.25) is 17.7 Å². The Hall–Kier alpha value is -3.30. The lowest BCUT2D eigenvalue weighted by atomic mass is 9.98. The second kappa shape index (κ2) is 10.5. The van der Waals surface area contributed by atoms with Crippen LogP contribution in [0.5, 0.6) is 5.75 Å². The fourth-order valence-corrected chi connectivity index (χ4v) is 3.09. The zero-order chi connectivity index (χ0) is 25.7. The number of rotatable bonds is 7. The molecule has 0 bridgehead atoms. The van der Waals surface area contributed by atoms with Crippen LogP contribution in [0.3, 0.4) is 0 Å². The van der Waals surface area contributed by atoms with Crippen LogP contribution in [0.25, 0.3) is 0 Å². The summed E-state index contributed by atoms with van der Waals surface area (Å²) in [5.74, 6) is -2.27. The summed E-state index contributed by atoms with van der Waals surface area (Å²) in [6.45, 7) is 11.9. The number of hydrogen-bond acceptors (Lipinski definition) is 6. The highest BCUT2D eigenvalue weighted by Gasteiger charge is 2.37. The molecule has 0 heterocycles. The molecular formula is C23H36N4O6. The molecule has 1 rings (SSSR count). The summed E-state index contributed by atoms with van der Waals surface area (Å²) in [6, 6.07) is 2.23. The number of primary amides is 1. The number of nitrogens with zero attached hydrogens (tertiary/aromatic N) is 1. The van der Waals surface area contributed by atoms with Gasteiger partial charge in [-0.05, 0) is 54.0 Å². The smallest absolute Gasteiger partial charge is 0.408 e. The van der Waals surface area contributed by atoms with Crippen molar-refractivity contribution in [1.29, 1.82) is 0 Å². The third-order valence-corrected chi connectivity index (χ3v) is 4.44. The van der Waals surface area contributed by atoms with Gasteiger partial charge in [0.25, 0.3) is 0 Å². The van der Waals surface area contributed by atoms with Crippen molar-refractivity contribution in [2.45, 2.75) is 78.1 Å². The number of phenols is 1. The number of benzene rings is 1. The Kier molecular flexibility index (Phi) is 8.86. The molecule has 33 heavy (non-hydrogen) atoms. The predicted octanol–water partition coefficient (Wildman–Crippen LogP) is 1.88.